The van der Waals surface area contributed by atoms with Crippen LogP contribution in [0.15, 0.2) is 4.99 Å². The standard InChI is InChI=1S/C15H28N4O9/c1-4-9(22)11(24)7(19-15(16)17)14(26-4)28-12-8(18-5(2)21)13(25)27-6(3-20)10(12)23/h4,6-14,20,22-25H,3H2,1-2H3,(H,18,21)(H4,16,17,19)/t4-,6+,7-,8+,9+,10+,11-,12+,13+,14-/m0/s1. The molecule has 0 saturated carbocycles. The lowest BCUT2D eigenvalue weighted by atomic mass is 9.95. The topological polar surface area (TPSA) is 222 Å². The molecule has 2 aliphatic rings. The third-order valence-electron chi connectivity index (χ3n) is 4.64. The molecule has 162 valence electrons. The highest BCUT2D eigenvalue weighted by Gasteiger charge is 2.50. The zero-order chi connectivity index (χ0) is 21.2. The number of aliphatic hydroxyl groups is 5. The van der Waals surface area contributed by atoms with Crippen molar-refractivity contribution in [3.63, 3.8) is 0 Å². The van der Waals surface area contributed by atoms with Crippen LogP contribution in [0, 0.1) is 0 Å². The van der Waals surface area contributed by atoms with Gasteiger partial charge in [0.2, 0.25) is 5.91 Å². The van der Waals surface area contributed by atoms with E-state index in [0.717, 1.165) is 0 Å². The van der Waals surface area contributed by atoms with Crippen LogP contribution < -0.4 is 16.8 Å². The Morgan fingerprint density at radius 1 is 1.14 bits per heavy atom. The van der Waals surface area contributed by atoms with Crippen LogP contribution in [0.2, 0.25) is 0 Å². The Labute approximate surface area is 160 Å². The summed E-state index contributed by atoms with van der Waals surface area (Å²) in [6, 6.07) is -2.48. The molecule has 10 N–H and O–H groups in total. The van der Waals surface area contributed by atoms with Gasteiger partial charge in [-0.1, -0.05) is 0 Å². The number of nitrogens with two attached hydrogens (primary N) is 2. The van der Waals surface area contributed by atoms with Crippen LogP contribution in [0.4, 0.5) is 0 Å². The Hall–Kier alpha value is -1.58. The molecule has 0 unspecified atom stereocenters. The van der Waals surface area contributed by atoms with E-state index in [2.05, 4.69) is 10.3 Å². The predicted octanol–water partition coefficient (Wildman–Crippen LogP) is -4.94. The molecule has 0 bridgehead atoms. The maximum Gasteiger partial charge on any atom is 0.217 e. The van der Waals surface area contributed by atoms with Crippen LogP contribution in [-0.2, 0) is 19.0 Å². The molecule has 10 atom stereocenters. The third kappa shape index (κ3) is 4.87. The Bertz CT molecular complexity index is 576. The van der Waals surface area contributed by atoms with E-state index < -0.39 is 79.8 Å². The number of aliphatic hydroxyl groups excluding tert-OH is 5. The van der Waals surface area contributed by atoms with E-state index in [4.69, 9.17) is 25.7 Å². The first-order valence-corrected chi connectivity index (χ1v) is 8.72. The van der Waals surface area contributed by atoms with E-state index in [9.17, 15) is 30.3 Å². The van der Waals surface area contributed by atoms with Gasteiger partial charge >= 0.3 is 0 Å². The van der Waals surface area contributed by atoms with Gasteiger partial charge in [0.15, 0.2) is 18.5 Å². The summed E-state index contributed by atoms with van der Waals surface area (Å²) in [6.45, 7) is 2.04. The molecule has 13 nitrogen and oxygen atoms in total. The second kappa shape index (κ2) is 9.28. The summed E-state index contributed by atoms with van der Waals surface area (Å²) in [6.07, 6.45) is -10.6. The lowest BCUT2D eigenvalue weighted by molar-refractivity contribution is -0.317. The number of aliphatic imine (C=N–C) groups is 1. The maximum absolute atomic E-state index is 11.5. The summed E-state index contributed by atoms with van der Waals surface area (Å²) in [5, 5.41) is 52.7. The number of hydrogen-bond donors (Lipinski definition) is 8. The van der Waals surface area contributed by atoms with E-state index in [1.54, 1.807) is 0 Å². The first-order valence-electron chi connectivity index (χ1n) is 8.72. The minimum atomic E-state index is -1.60. The lowest BCUT2D eigenvalue weighted by Gasteiger charge is -2.46. The molecule has 0 aliphatic carbocycles. The number of guanidine groups is 1. The van der Waals surface area contributed by atoms with E-state index >= 15 is 0 Å². The van der Waals surface area contributed by atoms with Crippen molar-refractivity contribution >= 4 is 11.9 Å². The molecule has 2 aliphatic heterocycles. The van der Waals surface area contributed by atoms with Gasteiger partial charge in [-0.25, -0.2) is 4.99 Å². The molecule has 2 fully saturated rings. The third-order valence-corrected chi connectivity index (χ3v) is 4.64. The average Bonchev–Trinajstić information content (AvgIpc) is 2.61. The van der Waals surface area contributed by atoms with Crippen LogP contribution in [-0.4, -0.2) is 105 Å². The Kier molecular flexibility index (Phi) is 7.52. The van der Waals surface area contributed by atoms with Crippen molar-refractivity contribution in [3.8, 4) is 0 Å². The van der Waals surface area contributed by atoms with Crippen LogP contribution in [0.3, 0.4) is 0 Å². The van der Waals surface area contributed by atoms with E-state index in [-0.39, 0.29) is 0 Å². The maximum atomic E-state index is 11.5. The van der Waals surface area contributed by atoms with Crippen molar-refractivity contribution in [2.24, 2.45) is 16.5 Å². The molecule has 13 heteroatoms. The monoisotopic (exact) mass is 408 g/mol. The smallest absolute Gasteiger partial charge is 0.217 e. The molecule has 0 aromatic heterocycles. The number of hydrogen-bond acceptors (Lipinski definition) is 10. The summed E-state index contributed by atoms with van der Waals surface area (Å²) in [5.41, 5.74) is 10.7. The normalized spacial score (nSPS) is 44.0. The quantitative estimate of drug-likeness (QED) is 0.159. The number of ether oxygens (including phenoxy) is 3. The number of rotatable bonds is 5. The van der Waals surface area contributed by atoms with Gasteiger partial charge in [0.05, 0.1) is 12.7 Å². The van der Waals surface area contributed by atoms with Gasteiger partial charge in [0, 0.05) is 6.92 Å². The van der Waals surface area contributed by atoms with E-state index in [1.807, 2.05) is 0 Å². The minimum absolute atomic E-state index is 0.401. The second-order valence-electron chi connectivity index (χ2n) is 6.80. The first-order chi connectivity index (χ1) is 13.1. The zero-order valence-electron chi connectivity index (χ0n) is 15.5. The summed E-state index contributed by atoms with van der Waals surface area (Å²) >= 11 is 0. The Balaban J connectivity index is 2.32. The van der Waals surface area contributed by atoms with Crippen molar-refractivity contribution in [1.29, 1.82) is 0 Å². The molecule has 0 radical (unpaired) electrons. The molecule has 2 rings (SSSR count). The minimum Gasteiger partial charge on any atom is -0.394 e. The van der Waals surface area contributed by atoms with Crippen molar-refractivity contribution < 1.29 is 44.5 Å². The van der Waals surface area contributed by atoms with Crippen LogP contribution in [0.1, 0.15) is 13.8 Å². The predicted molar refractivity (Wildman–Crippen MR) is 92.4 cm³/mol. The second-order valence-corrected chi connectivity index (χ2v) is 6.80. The van der Waals surface area contributed by atoms with Crippen LogP contribution >= 0.6 is 0 Å². The lowest BCUT2D eigenvalue weighted by Crippen LogP contribution is -2.67. The van der Waals surface area contributed by atoms with Crippen molar-refractivity contribution in [3.05, 3.63) is 0 Å². The molecular formula is C15H28N4O9. The fourth-order valence-corrected chi connectivity index (χ4v) is 3.22. The van der Waals surface area contributed by atoms with Crippen molar-refractivity contribution in [1.82, 2.24) is 5.32 Å². The number of carbonyl (C=O) groups excluding carboxylic acids is 1. The van der Waals surface area contributed by atoms with Crippen LogP contribution in [0.25, 0.3) is 0 Å². The van der Waals surface area contributed by atoms with E-state index in [0.29, 0.717) is 0 Å². The Morgan fingerprint density at radius 2 is 1.79 bits per heavy atom. The SMILES string of the molecule is CC(=O)N[C@@H]1[C@@H](O[C@@H]2O[C@@H](C)[C@@H](O)[C@@H](O)[C@@H]2N=C(N)N)[C@H](O)[C@@H](CO)O[C@H]1O. The Morgan fingerprint density at radius 3 is 2.32 bits per heavy atom. The number of amides is 1. The molecule has 0 spiro atoms. The van der Waals surface area contributed by atoms with Gasteiger partial charge in [-0.05, 0) is 6.92 Å². The van der Waals surface area contributed by atoms with Gasteiger partial charge < -0.3 is 56.5 Å². The molecule has 28 heavy (non-hydrogen) atoms. The molecule has 2 saturated heterocycles. The van der Waals surface area contributed by atoms with Crippen molar-refractivity contribution in [2.75, 3.05) is 6.61 Å². The van der Waals surface area contributed by atoms with Crippen LogP contribution in [0.5, 0.6) is 0 Å². The van der Waals surface area contributed by atoms with Gasteiger partial charge in [0.1, 0.15) is 42.6 Å². The van der Waals surface area contributed by atoms with Gasteiger partial charge in [-0.15, -0.1) is 0 Å². The number of nitrogens with one attached hydrogen (secondary N) is 1. The number of carbonyl (C=O) groups is 1. The van der Waals surface area contributed by atoms with Crippen molar-refractivity contribution in [2.45, 2.75) is 75.1 Å². The molecule has 2 heterocycles. The highest BCUT2D eigenvalue weighted by molar-refractivity contribution is 5.76. The zero-order valence-corrected chi connectivity index (χ0v) is 15.5. The highest BCUT2D eigenvalue weighted by atomic mass is 16.7. The van der Waals surface area contributed by atoms with Gasteiger partial charge in [0.25, 0.3) is 0 Å². The average molecular weight is 408 g/mol. The fourth-order valence-electron chi connectivity index (χ4n) is 3.22. The summed E-state index contributed by atoms with van der Waals surface area (Å²) < 4.78 is 16.4. The largest absolute Gasteiger partial charge is 0.394 e. The first kappa shape index (κ1) is 22.7. The van der Waals surface area contributed by atoms with Gasteiger partial charge in [-0.3, -0.25) is 4.79 Å². The fraction of sp³-hybridized carbons (Fsp3) is 0.867. The molecule has 1 amide bonds. The van der Waals surface area contributed by atoms with E-state index in [1.165, 1.54) is 13.8 Å². The molecule has 0 aromatic rings. The number of nitrogens with zero attached hydrogens (tertiary/aromatic N) is 1. The molecular weight excluding hydrogens is 380 g/mol. The summed E-state index contributed by atoms with van der Waals surface area (Å²) in [4.78, 5) is 15.3. The summed E-state index contributed by atoms with van der Waals surface area (Å²) in [7, 11) is 0. The highest BCUT2D eigenvalue weighted by Crippen LogP contribution is 2.29. The molecule has 0 aromatic carbocycles. The summed E-state index contributed by atoms with van der Waals surface area (Å²) in [5.74, 6) is -0.938. The van der Waals surface area contributed by atoms with Gasteiger partial charge in [-0.2, -0.15) is 0 Å².